The molecule has 0 aromatic heterocycles. The summed E-state index contributed by atoms with van der Waals surface area (Å²) >= 11 is 0. The molecule has 10 heteroatoms. The molecule has 0 aliphatic heterocycles. The first-order valence-electron chi connectivity index (χ1n) is 23.1. The second-order valence-electron chi connectivity index (χ2n) is 15.3. The monoisotopic (exact) mass is 824 g/mol. The van der Waals surface area contributed by atoms with Crippen LogP contribution in [0.25, 0.3) is 0 Å². The Morgan fingerprint density at radius 2 is 0.930 bits per heavy atom. The minimum absolute atomic E-state index is 0.0445. The molecule has 0 aliphatic carbocycles. The number of phosphoric ester groups is 1. The number of carbonyl (C=O) groups is 2. The maximum Gasteiger partial charge on any atom is 0.472 e. The van der Waals surface area contributed by atoms with Crippen LogP contribution >= 0.6 is 7.82 Å². The van der Waals surface area contributed by atoms with E-state index in [1.807, 2.05) is 6.08 Å². The molecule has 332 valence electrons. The molecular formula is C47H86NO8P. The van der Waals surface area contributed by atoms with E-state index in [-0.39, 0.29) is 32.6 Å². The molecule has 0 fully saturated rings. The SMILES string of the molecule is CCCCCCCCC=CCC=CCC=CCCCC(=O)OC(COC(=O)CCCCCCCCCCCC=CCCCCCCCC)COP(=O)(O)OCCN. The molecule has 0 saturated heterocycles. The van der Waals surface area contributed by atoms with Gasteiger partial charge in [0.15, 0.2) is 6.10 Å². The molecule has 3 N–H and O–H groups in total. The van der Waals surface area contributed by atoms with Crippen molar-refractivity contribution < 1.29 is 37.6 Å². The largest absolute Gasteiger partial charge is 0.472 e. The Morgan fingerprint density at radius 1 is 0.526 bits per heavy atom. The highest BCUT2D eigenvalue weighted by Crippen LogP contribution is 2.43. The second kappa shape index (κ2) is 43.5. The Balaban J connectivity index is 4.18. The number of phosphoric acid groups is 1. The van der Waals surface area contributed by atoms with Crippen LogP contribution in [0.5, 0.6) is 0 Å². The standard InChI is InChI=1S/C47H86NO8P/c1-3-5-7-9-11-13-15-17-19-21-22-24-25-27-29-31-33-35-37-39-46(49)53-43-45(44-55-57(51,52)54-42-41-48)56-47(50)40-38-36-34-32-30-28-26-23-20-18-16-14-12-10-8-6-4-2/h17-20,26,28,32,34,45H,3-16,21-25,27,29-31,33,35-44,48H2,1-2H3,(H,51,52). The first-order valence-corrected chi connectivity index (χ1v) is 24.6. The van der Waals surface area contributed by atoms with E-state index in [9.17, 15) is 19.0 Å². The number of carbonyl (C=O) groups excluding carboxylic acids is 2. The zero-order valence-electron chi connectivity index (χ0n) is 36.6. The van der Waals surface area contributed by atoms with Crippen LogP contribution in [0, 0.1) is 0 Å². The highest BCUT2D eigenvalue weighted by molar-refractivity contribution is 7.47. The number of esters is 2. The van der Waals surface area contributed by atoms with Crippen molar-refractivity contribution in [3.8, 4) is 0 Å². The summed E-state index contributed by atoms with van der Waals surface area (Å²) in [6.45, 7) is 3.67. The van der Waals surface area contributed by atoms with Crippen molar-refractivity contribution >= 4 is 19.8 Å². The summed E-state index contributed by atoms with van der Waals surface area (Å²) in [5, 5.41) is 0. The summed E-state index contributed by atoms with van der Waals surface area (Å²) in [4.78, 5) is 34.9. The lowest BCUT2D eigenvalue weighted by atomic mass is 10.1. The number of hydrogen-bond acceptors (Lipinski definition) is 8. The Labute approximate surface area is 349 Å². The van der Waals surface area contributed by atoms with Crippen LogP contribution in [0.15, 0.2) is 48.6 Å². The first-order chi connectivity index (χ1) is 27.8. The fraction of sp³-hybridized carbons (Fsp3) is 0.787. The fourth-order valence-corrected chi connectivity index (χ4v) is 7.00. The summed E-state index contributed by atoms with van der Waals surface area (Å²) < 4.78 is 32.8. The fourth-order valence-electron chi connectivity index (χ4n) is 6.23. The van der Waals surface area contributed by atoms with Crippen molar-refractivity contribution in [2.75, 3.05) is 26.4 Å². The van der Waals surface area contributed by atoms with Gasteiger partial charge in [-0.1, -0.05) is 172 Å². The highest BCUT2D eigenvalue weighted by Gasteiger charge is 2.26. The molecule has 0 spiro atoms. The molecule has 0 radical (unpaired) electrons. The van der Waals surface area contributed by atoms with Crippen molar-refractivity contribution in [2.24, 2.45) is 5.73 Å². The van der Waals surface area contributed by atoms with Crippen molar-refractivity contribution in [3.63, 3.8) is 0 Å². The molecule has 2 unspecified atom stereocenters. The van der Waals surface area contributed by atoms with Crippen LogP contribution in [0.2, 0.25) is 0 Å². The first kappa shape index (κ1) is 55.0. The lowest BCUT2D eigenvalue weighted by molar-refractivity contribution is -0.161. The van der Waals surface area contributed by atoms with Gasteiger partial charge in [0, 0.05) is 19.4 Å². The maximum absolute atomic E-state index is 12.6. The van der Waals surface area contributed by atoms with Gasteiger partial charge in [0.1, 0.15) is 6.61 Å². The van der Waals surface area contributed by atoms with Crippen LogP contribution in [0.1, 0.15) is 206 Å². The minimum Gasteiger partial charge on any atom is -0.462 e. The predicted molar refractivity (Wildman–Crippen MR) is 238 cm³/mol. The van der Waals surface area contributed by atoms with E-state index in [1.54, 1.807) is 0 Å². The molecule has 0 aromatic carbocycles. The van der Waals surface area contributed by atoms with Gasteiger partial charge in [-0.2, -0.15) is 0 Å². The third-order valence-corrected chi connectivity index (χ3v) is 10.7. The lowest BCUT2D eigenvalue weighted by Gasteiger charge is -2.19. The number of hydrogen-bond donors (Lipinski definition) is 2. The van der Waals surface area contributed by atoms with Crippen LogP contribution in [0.4, 0.5) is 0 Å². The van der Waals surface area contributed by atoms with Gasteiger partial charge in [-0.3, -0.25) is 18.6 Å². The second-order valence-corrected chi connectivity index (χ2v) is 16.7. The highest BCUT2D eigenvalue weighted by atomic mass is 31.2. The summed E-state index contributed by atoms with van der Waals surface area (Å²) in [5.41, 5.74) is 5.35. The lowest BCUT2D eigenvalue weighted by Crippen LogP contribution is -2.29. The van der Waals surface area contributed by atoms with E-state index >= 15 is 0 Å². The summed E-state index contributed by atoms with van der Waals surface area (Å²) in [6, 6.07) is 0. The van der Waals surface area contributed by atoms with Gasteiger partial charge in [-0.05, 0) is 70.6 Å². The molecular weight excluding hydrogens is 737 g/mol. The van der Waals surface area contributed by atoms with Crippen molar-refractivity contribution in [1.82, 2.24) is 0 Å². The van der Waals surface area contributed by atoms with E-state index < -0.39 is 32.5 Å². The van der Waals surface area contributed by atoms with Crippen LogP contribution in [-0.4, -0.2) is 49.3 Å². The third-order valence-electron chi connectivity index (χ3n) is 9.69. The van der Waals surface area contributed by atoms with Gasteiger partial charge in [-0.15, -0.1) is 0 Å². The number of nitrogens with two attached hydrogens (primary N) is 1. The van der Waals surface area contributed by atoms with Crippen molar-refractivity contribution in [1.29, 1.82) is 0 Å². The van der Waals surface area contributed by atoms with Crippen molar-refractivity contribution in [2.45, 2.75) is 213 Å². The quantitative estimate of drug-likeness (QED) is 0.0267. The average Bonchev–Trinajstić information content (AvgIpc) is 3.20. The number of rotatable bonds is 43. The van der Waals surface area contributed by atoms with Crippen LogP contribution in [-0.2, 0) is 32.7 Å². The van der Waals surface area contributed by atoms with Gasteiger partial charge in [0.25, 0.3) is 0 Å². The molecule has 0 aliphatic rings. The molecule has 2 atom stereocenters. The van der Waals surface area contributed by atoms with Gasteiger partial charge < -0.3 is 20.1 Å². The number of unbranched alkanes of at least 4 members (excludes halogenated alkanes) is 22. The third kappa shape index (κ3) is 43.4. The van der Waals surface area contributed by atoms with Crippen LogP contribution < -0.4 is 5.73 Å². The minimum atomic E-state index is -4.39. The Hall–Kier alpha value is -2.03. The normalized spacial score (nSPS) is 13.7. The predicted octanol–water partition coefficient (Wildman–Crippen LogP) is 13.5. The molecule has 0 heterocycles. The number of ether oxygens (including phenoxy) is 2. The average molecular weight is 824 g/mol. The summed E-state index contributed by atoms with van der Waals surface area (Å²) in [5.74, 6) is -0.890. The van der Waals surface area contributed by atoms with E-state index in [2.05, 4.69) is 56.4 Å². The number of allylic oxidation sites excluding steroid dienone is 8. The molecule has 0 aromatic rings. The Morgan fingerprint density at radius 3 is 1.42 bits per heavy atom. The Kier molecular flexibility index (Phi) is 42.0. The molecule has 0 bridgehead atoms. The van der Waals surface area contributed by atoms with E-state index in [0.717, 1.165) is 38.5 Å². The molecule has 0 amide bonds. The zero-order valence-corrected chi connectivity index (χ0v) is 37.5. The van der Waals surface area contributed by atoms with Crippen molar-refractivity contribution in [3.05, 3.63) is 48.6 Å². The molecule has 0 saturated carbocycles. The van der Waals surface area contributed by atoms with Gasteiger partial charge in [0.05, 0.1) is 13.2 Å². The van der Waals surface area contributed by atoms with Gasteiger partial charge in [0.2, 0.25) is 0 Å². The zero-order chi connectivity index (χ0) is 41.8. The molecule has 0 rings (SSSR count). The summed E-state index contributed by atoms with van der Waals surface area (Å²) in [6.07, 6.45) is 50.1. The van der Waals surface area contributed by atoms with Crippen LogP contribution in [0.3, 0.4) is 0 Å². The van der Waals surface area contributed by atoms with Gasteiger partial charge in [-0.25, -0.2) is 4.57 Å². The molecule has 9 nitrogen and oxygen atoms in total. The van der Waals surface area contributed by atoms with Gasteiger partial charge >= 0.3 is 19.8 Å². The smallest absolute Gasteiger partial charge is 0.462 e. The topological polar surface area (TPSA) is 134 Å². The van der Waals surface area contributed by atoms with E-state index in [1.165, 1.54) is 128 Å². The van der Waals surface area contributed by atoms with E-state index in [4.69, 9.17) is 24.3 Å². The van der Waals surface area contributed by atoms with E-state index in [0.29, 0.717) is 12.8 Å². The maximum atomic E-state index is 12.6. The Bertz CT molecular complexity index is 1080. The molecule has 57 heavy (non-hydrogen) atoms. The summed E-state index contributed by atoms with van der Waals surface area (Å²) in [7, 11) is -4.39.